The summed E-state index contributed by atoms with van der Waals surface area (Å²) in [5, 5.41) is 15.0. The summed E-state index contributed by atoms with van der Waals surface area (Å²) >= 11 is 0. The van der Waals surface area contributed by atoms with Crippen LogP contribution in [0.4, 0.5) is 0 Å². The lowest BCUT2D eigenvalue weighted by molar-refractivity contribution is 0.0727. The van der Waals surface area contributed by atoms with Gasteiger partial charge in [0.05, 0.1) is 0 Å². The van der Waals surface area contributed by atoms with Gasteiger partial charge in [0.25, 0.3) is 0 Å². The predicted molar refractivity (Wildman–Crippen MR) is 68.2 cm³/mol. The molecule has 0 aromatic carbocycles. The first-order chi connectivity index (χ1) is 8.29. The van der Waals surface area contributed by atoms with Gasteiger partial charge in [-0.2, -0.15) is 0 Å². The number of nitrogens with one attached hydrogen (secondary N) is 1. The third-order valence-electron chi connectivity index (χ3n) is 4.05. The molecule has 3 heterocycles. The van der Waals surface area contributed by atoms with Gasteiger partial charge in [0.15, 0.2) is 0 Å². The zero-order valence-corrected chi connectivity index (χ0v) is 10.4. The van der Waals surface area contributed by atoms with E-state index in [9.17, 15) is 0 Å². The van der Waals surface area contributed by atoms with Crippen molar-refractivity contribution in [3.05, 3.63) is 0 Å². The number of amidine groups is 1. The molecule has 1 atom stereocenters. The summed E-state index contributed by atoms with van der Waals surface area (Å²) in [5.74, 6) is 1.23. The minimum atomic E-state index is 0.341. The molecular weight excluding hydrogens is 216 g/mol. The van der Waals surface area contributed by atoms with E-state index in [1.165, 1.54) is 32.5 Å². The van der Waals surface area contributed by atoms with Gasteiger partial charge in [-0.3, -0.25) is 0 Å². The van der Waals surface area contributed by atoms with Crippen LogP contribution in [0.5, 0.6) is 0 Å². The van der Waals surface area contributed by atoms with Crippen LogP contribution in [0.3, 0.4) is 0 Å². The topological polar surface area (TPSA) is 73.9 Å². The predicted octanol–water partition coefficient (Wildman–Crippen LogP) is 0.587. The minimum Gasteiger partial charge on any atom is -0.409 e. The molecule has 3 saturated heterocycles. The lowest BCUT2D eigenvalue weighted by Crippen LogP contribution is -2.56. The van der Waals surface area contributed by atoms with Crippen LogP contribution >= 0.6 is 0 Å². The molecule has 0 saturated carbocycles. The van der Waals surface area contributed by atoms with E-state index in [0.717, 1.165) is 25.3 Å². The molecule has 3 fully saturated rings. The van der Waals surface area contributed by atoms with Crippen molar-refractivity contribution in [1.29, 1.82) is 0 Å². The normalized spacial score (nSPS) is 32.9. The molecule has 3 aliphatic rings. The zero-order valence-electron chi connectivity index (χ0n) is 10.4. The number of nitrogens with two attached hydrogens (primary N) is 1. The summed E-state index contributed by atoms with van der Waals surface area (Å²) < 4.78 is 0. The monoisotopic (exact) mass is 240 g/mol. The van der Waals surface area contributed by atoms with Gasteiger partial charge >= 0.3 is 0 Å². The Bertz CT molecular complexity index is 261. The van der Waals surface area contributed by atoms with Crippen LogP contribution in [0.2, 0.25) is 0 Å². The molecular formula is C12H24N4O. The van der Waals surface area contributed by atoms with Crippen molar-refractivity contribution in [3.63, 3.8) is 0 Å². The highest BCUT2D eigenvalue weighted by molar-refractivity contribution is 5.79. The number of hydrogen-bond donors (Lipinski definition) is 3. The van der Waals surface area contributed by atoms with Gasteiger partial charge in [-0.25, -0.2) is 0 Å². The second kappa shape index (κ2) is 6.21. The van der Waals surface area contributed by atoms with Gasteiger partial charge < -0.3 is 21.2 Å². The highest BCUT2D eigenvalue weighted by Crippen LogP contribution is 2.27. The lowest BCUT2D eigenvalue weighted by Gasteiger charge is -2.45. The average Bonchev–Trinajstić information content (AvgIpc) is 2.39. The van der Waals surface area contributed by atoms with Crippen molar-refractivity contribution in [3.8, 4) is 0 Å². The van der Waals surface area contributed by atoms with Crippen LogP contribution in [0.15, 0.2) is 5.16 Å². The van der Waals surface area contributed by atoms with Gasteiger partial charge in [0, 0.05) is 19.0 Å². The van der Waals surface area contributed by atoms with E-state index in [0.29, 0.717) is 18.3 Å². The van der Waals surface area contributed by atoms with Crippen LogP contribution in [0.25, 0.3) is 0 Å². The van der Waals surface area contributed by atoms with Crippen LogP contribution in [-0.2, 0) is 0 Å². The highest BCUT2D eigenvalue weighted by atomic mass is 16.4. The van der Waals surface area contributed by atoms with Crippen LogP contribution in [0.1, 0.15) is 32.1 Å². The first-order valence-electron chi connectivity index (χ1n) is 6.71. The van der Waals surface area contributed by atoms with Crippen molar-refractivity contribution in [1.82, 2.24) is 10.2 Å². The van der Waals surface area contributed by atoms with E-state index in [-0.39, 0.29) is 0 Å². The number of piperidine rings is 3. The fraction of sp³-hybridized carbons (Fsp3) is 0.917. The SMILES string of the molecule is NC(CCCCNC1CN2CCC1CC2)=NO. The van der Waals surface area contributed by atoms with E-state index < -0.39 is 0 Å². The molecule has 98 valence electrons. The molecule has 0 spiro atoms. The highest BCUT2D eigenvalue weighted by Gasteiger charge is 2.33. The molecule has 0 radical (unpaired) electrons. The molecule has 1 unspecified atom stereocenters. The first-order valence-corrected chi connectivity index (χ1v) is 6.71. The Balaban J connectivity index is 1.56. The van der Waals surface area contributed by atoms with Crippen LogP contribution in [-0.4, -0.2) is 48.2 Å². The lowest BCUT2D eigenvalue weighted by atomic mass is 9.84. The maximum absolute atomic E-state index is 8.41. The van der Waals surface area contributed by atoms with Crippen LogP contribution in [0, 0.1) is 5.92 Å². The number of rotatable bonds is 6. The smallest absolute Gasteiger partial charge is 0.139 e. The van der Waals surface area contributed by atoms with E-state index in [1.54, 1.807) is 0 Å². The van der Waals surface area contributed by atoms with E-state index in [1.807, 2.05) is 0 Å². The van der Waals surface area contributed by atoms with E-state index in [4.69, 9.17) is 10.9 Å². The molecule has 0 amide bonds. The number of oxime groups is 1. The third-order valence-corrected chi connectivity index (χ3v) is 4.05. The van der Waals surface area contributed by atoms with E-state index >= 15 is 0 Å². The van der Waals surface area contributed by atoms with E-state index in [2.05, 4.69) is 15.4 Å². The summed E-state index contributed by atoms with van der Waals surface area (Å²) in [6.07, 6.45) is 5.51. The van der Waals surface area contributed by atoms with Crippen molar-refractivity contribution in [2.45, 2.75) is 38.1 Å². The number of unbranched alkanes of at least 4 members (excludes halogenated alkanes) is 1. The molecule has 5 nitrogen and oxygen atoms in total. The van der Waals surface area contributed by atoms with Gasteiger partial charge in [0.2, 0.25) is 0 Å². The fourth-order valence-corrected chi connectivity index (χ4v) is 2.96. The Hall–Kier alpha value is -0.810. The Morgan fingerprint density at radius 3 is 2.71 bits per heavy atom. The van der Waals surface area contributed by atoms with Gasteiger partial charge in [-0.15, -0.1) is 0 Å². The molecule has 3 aliphatic heterocycles. The van der Waals surface area contributed by atoms with Crippen molar-refractivity contribution in [2.24, 2.45) is 16.8 Å². The van der Waals surface area contributed by atoms with Crippen molar-refractivity contribution >= 4 is 5.84 Å². The molecule has 0 aliphatic carbocycles. The Labute approximate surface area is 103 Å². The van der Waals surface area contributed by atoms with Gasteiger partial charge in [0.1, 0.15) is 5.84 Å². The molecule has 2 bridgehead atoms. The fourth-order valence-electron chi connectivity index (χ4n) is 2.96. The standard InChI is InChI=1S/C12H24N4O/c13-12(15-17)3-1-2-6-14-11-9-16-7-4-10(11)5-8-16/h10-11,14,17H,1-9H2,(H2,13,15). The van der Waals surface area contributed by atoms with Crippen molar-refractivity contribution < 1.29 is 5.21 Å². The summed E-state index contributed by atoms with van der Waals surface area (Å²) in [7, 11) is 0. The Morgan fingerprint density at radius 2 is 2.12 bits per heavy atom. The molecule has 3 rings (SSSR count). The third kappa shape index (κ3) is 3.57. The average molecular weight is 240 g/mol. The summed E-state index contributed by atoms with van der Waals surface area (Å²) in [5.41, 5.74) is 5.42. The van der Waals surface area contributed by atoms with Crippen molar-refractivity contribution in [2.75, 3.05) is 26.2 Å². The molecule has 0 aromatic heterocycles. The Morgan fingerprint density at radius 1 is 1.35 bits per heavy atom. The zero-order chi connectivity index (χ0) is 12.1. The van der Waals surface area contributed by atoms with Crippen LogP contribution < -0.4 is 11.1 Å². The number of hydrogen-bond acceptors (Lipinski definition) is 4. The molecule has 4 N–H and O–H groups in total. The first kappa shape index (κ1) is 12.6. The van der Waals surface area contributed by atoms with Gasteiger partial charge in [-0.1, -0.05) is 5.16 Å². The molecule has 17 heavy (non-hydrogen) atoms. The second-order valence-corrected chi connectivity index (χ2v) is 5.25. The minimum absolute atomic E-state index is 0.341. The summed E-state index contributed by atoms with van der Waals surface area (Å²) in [6.45, 7) is 4.87. The molecule has 0 aromatic rings. The Kier molecular flexibility index (Phi) is 4.62. The summed E-state index contributed by atoms with van der Waals surface area (Å²) in [6, 6.07) is 0.696. The largest absolute Gasteiger partial charge is 0.409 e. The number of fused-ring (bicyclic) bond motifs is 3. The summed E-state index contributed by atoms with van der Waals surface area (Å²) in [4.78, 5) is 2.56. The van der Waals surface area contributed by atoms with Gasteiger partial charge in [-0.05, 0) is 51.2 Å². The number of nitrogens with zero attached hydrogens (tertiary/aromatic N) is 2. The second-order valence-electron chi connectivity index (χ2n) is 5.25. The quantitative estimate of drug-likeness (QED) is 0.209. The maximum atomic E-state index is 8.41. The maximum Gasteiger partial charge on any atom is 0.139 e. The molecule has 5 heteroatoms.